The Labute approximate surface area is 168 Å². The number of methoxy groups -OCH3 is 2. The summed E-state index contributed by atoms with van der Waals surface area (Å²) in [4.78, 5) is 4.70. The van der Waals surface area contributed by atoms with Gasteiger partial charge in [0.2, 0.25) is 0 Å². The summed E-state index contributed by atoms with van der Waals surface area (Å²) in [6.07, 6.45) is 1.89. The number of hydrogen-bond acceptors (Lipinski definition) is 4. The minimum Gasteiger partial charge on any atom is -0.493 e. The smallest absolute Gasteiger partial charge is 0.162 e. The maximum absolute atomic E-state index is 5.55. The highest BCUT2D eigenvalue weighted by atomic mass is 16.5. The molecule has 0 amide bonds. The molecule has 5 aromatic rings. The minimum absolute atomic E-state index is 0.654. The second-order valence-electron chi connectivity index (χ2n) is 6.71. The molecule has 0 atom stereocenters. The van der Waals surface area contributed by atoms with Crippen LogP contribution in [0.4, 0.5) is 0 Å². The van der Waals surface area contributed by atoms with E-state index in [-0.39, 0.29) is 0 Å². The van der Waals surface area contributed by atoms with Gasteiger partial charge < -0.3 is 9.47 Å². The lowest BCUT2D eigenvalue weighted by Crippen LogP contribution is -1.97. The van der Waals surface area contributed by atoms with Crippen molar-refractivity contribution < 1.29 is 9.47 Å². The number of rotatable bonds is 4. The summed E-state index contributed by atoms with van der Waals surface area (Å²) < 4.78 is 13.0. The van der Waals surface area contributed by atoms with E-state index in [2.05, 4.69) is 12.1 Å². The van der Waals surface area contributed by atoms with Gasteiger partial charge in [-0.3, -0.25) is 4.98 Å². The average Bonchev–Trinajstić information content (AvgIpc) is 3.19. The molecule has 0 aliphatic heterocycles. The molecule has 0 unspecified atom stereocenters. The van der Waals surface area contributed by atoms with Crippen LogP contribution >= 0.6 is 0 Å². The highest BCUT2D eigenvalue weighted by Crippen LogP contribution is 2.38. The molecule has 0 saturated heterocycles. The number of nitrogens with zero attached hydrogens (tertiary/aromatic N) is 3. The summed E-state index contributed by atoms with van der Waals surface area (Å²) in [6, 6.07) is 24.2. The quantitative estimate of drug-likeness (QED) is 0.426. The molecule has 5 heteroatoms. The normalized spacial score (nSPS) is 11.1. The molecule has 0 saturated carbocycles. The van der Waals surface area contributed by atoms with E-state index in [1.807, 2.05) is 71.5 Å². The van der Waals surface area contributed by atoms with Gasteiger partial charge in [0.15, 0.2) is 11.5 Å². The van der Waals surface area contributed by atoms with E-state index in [0.717, 1.165) is 38.8 Å². The molecule has 0 N–H and O–H groups in total. The van der Waals surface area contributed by atoms with Gasteiger partial charge in [-0.05, 0) is 18.2 Å². The third-order valence-electron chi connectivity index (χ3n) is 5.06. The first-order valence-electron chi connectivity index (χ1n) is 9.34. The van der Waals surface area contributed by atoms with Crippen LogP contribution in [-0.2, 0) is 0 Å². The molecule has 0 spiro atoms. The van der Waals surface area contributed by atoms with Crippen molar-refractivity contribution in [2.45, 2.75) is 0 Å². The van der Waals surface area contributed by atoms with Crippen molar-refractivity contribution in [2.24, 2.45) is 0 Å². The van der Waals surface area contributed by atoms with E-state index in [9.17, 15) is 0 Å². The monoisotopic (exact) mass is 381 g/mol. The van der Waals surface area contributed by atoms with Crippen LogP contribution in [0.3, 0.4) is 0 Å². The summed E-state index contributed by atoms with van der Waals surface area (Å²) in [6.45, 7) is 0. The average molecular weight is 381 g/mol. The summed E-state index contributed by atoms with van der Waals surface area (Å²) >= 11 is 0. The highest BCUT2D eigenvalue weighted by molar-refractivity contribution is 6.09. The van der Waals surface area contributed by atoms with Crippen LogP contribution in [-0.4, -0.2) is 29.0 Å². The van der Waals surface area contributed by atoms with Crippen LogP contribution < -0.4 is 9.47 Å². The van der Waals surface area contributed by atoms with Gasteiger partial charge in [0.1, 0.15) is 5.69 Å². The third-order valence-corrected chi connectivity index (χ3v) is 5.06. The molecule has 0 bridgehead atoms. The molecule has 3 aromatic carbocycles. The topological polar surface area (TPSA) is 49.2 Å². The molecule has 0 radical (unpaired) electrons. The van der Waals surface area contributed by atoms with Gasteiger partial charge in [0.05, 0.1) is 30.9 Å². The van der Waals surface area contributed by atoms with Crippen LogP contribution in [0.1, 0.15) is 0 Å². The van der Waals surface area contributed by atoms with Gasteiger partial charge in [-0.25, -0.2) is 4.68 Å². The number of pyridine rings is 1. The predicted octanol–water partition coefficient (Wildman–Crippen LogP) is 5.26. The lowest BCUT2D eigenvalue weighted by Gasteiger charge is -2.10. The number of aromatic nitrogens is 3. The highest BCUT2D eigenvalue weighted by Gasteiger charge is 2.18. The van der Waals surface area contributed by atoms with Gasteiger partial charge >= 0.3 is 0 Å². The zero-order valence-corrected chi connectivity index (χ0v) is 16.2. The fourth-order valence-electron chi connectivity index (χ4n) is 3.68. The van der Waals surface area contributed by atoms with Crippen LogP contribution in [0.15, 0.2) is 79.0 Å². The van der Waals surface area contributed by atoms with Crippen LogP contribution in [0.2, 0.25) is 0 Å². The number of hydrogen-bond donors (Lipinski definition) is 0. The van der Waals surface area contributed by atoms with E-state index in [0.29, 0.717) is 11.5 Å². The number of fused-ring (bicyclic) bond motifs is 3. The van der Waals surface area contributed by atoms with Crippen molar-refractivity contribution in [2.75, 3.05) is 14.2 Å². The minimum atomic E-state index is 0.654. The zero-order valence-electron chi connectivity index (χ0n) is 16.2. The first kappa shape index (κ1) is 17.3. The molecule has 2 aromatic heterocycles. The van der Waals surface area contributed by atoms with Gasteiger partial charge in [-0.15, -0.1) is 0 Å². The maximum atomic E-state index is 5.55. The maximum Gasteiger partial charge on any atom is 0.162 e. The lowest BCUT2D eigenvalue weighted by molar-refractivity contribution is 0.356. The van der Waals surface area contributed by atoms with E-state index in [1.165, 1.54) is 0 Å². The molecular formula is C24H19N3O2. The van der Waals surface area contributed by atoms with E-state index < -0.39 is 0 Å². The molecule has 0 aliphatic carbocycles. The summed E-state index contributed by atoms with van der Waals surface area (Å²) in [5, 5.41) is 6.93. The molecule has 142 valence electrons. The summed E-state index contributed by atoms with van der Waals surface area (Å²) in [5.41, 5.74) is 4.75. The van der Waals surface area contributed by atoms with E-state index >= 15 is 0 Å². The number of ether oxygens (including phenoxy) is 2. The summed E-state index contributed by atoms with van der Waals surface area (Å²) in [5.74, 6) is 1.32. The Kier molecular flexibility index (Phi) is 4.13. The predicted molar refractivity (Wildman–Crippen MR) is 115 cm³/mol. The molecule has 2 heterocycles. The fourth-order valence-corrected chi connectivity index (χ4v) is 3.68. The number of para-hydroxylation sites is 1. The van der Waals surface area contributed by atoms with Crippen molar-refractivity contribution in [1.29, 1.82) is 0 Å². The van der Waals surface area contributed by atoms with Crippen molar-refractivity contribution in [1.82, 2.24) is 14.8 Å². The summed E-state index contributed by atoms with van der Waals surface area (Å²) in [7, 11) is 3.27. The lowest BCUT2D eigenvalue weighted by atomic mass is 10.1. The molecule has 0 aliphatic rings. The molecule has 5 nitrogen and oxygen atoms in total. The van der Waals surface area contributed by atoms with Gasteiger partial charge in [0.25, 0.3) is 0 Å². The first-order valence-corrected chi connectivity index (χ1v) is 9.34. The molecular weight excluding hydrogens is 362 g/mol. The van der Waals surface area contributed by atoms with E-state index in [1.54, 1.807) is 14.2 Å². The zero-order chi connectivity index (χ0) is 19.8. The van der Waals surface area contributed by atoms with Crippen molar-refractivity contribution in [3.8, 4) is 28.4 Å². The SMILES string of the molecule is COc1cc2ncc3c(-c4ccccc4)nn(-c4ccccc4)c3c2cc1OC. The number of benzene rings is 3. The molecule has 29 heavy (non-hydrogen) atoms. The molecule has 0 fully saturated rings. The third kappa shape index (κ3) is 2.79. The largest absolute Gasteiger partial charge is 0.493 e. The van der Waals surface area contributed by atoms with Crippen molar-refractivity contribution >= 4 is 21.8 Å². The van der Waals surface area contributed by atoms with Gasteiger partial charge in [-0.2, -0.15) is 5.10 Å². The Morgan fingerprint density at radius 2 is 1.41 bits per heavy atom. The Morgan fingerprint density at radius 3 is 2.10 bits per heavy atom. The molecule has 5 rings (SSSR count). The Morgan fingerprint density at radius 1 is 0.759 bits per heavy atom. The Bertz CT molecular complexity index is 1310. The van der Waals surface area contributed by atoms with Crippen LogP contribution in [0.5, 0.6) is 11.5 Å². The van der Waals surface area contributed by atoms with Crippen molar-refractivity contribution in [3.63, 3.8) is 0 Å². The van der Waals surface area contributed by atoms with Crippen LogP contribution in [0.25, 0.3) is 38.8 Å². The van der Waals surface area contributed by atoms with E-state index in [4.69, 9.17) is 19.6 Å². The second kappa shape index (κ2) is 6.95. The van der Waals surface area contributed by atoms with Crippen molar-refractivity contribution in [3.05, 3.63) is 79.0 Å². The fraction of sp³-hybridized carbons (Fsp3) is 0.0833. The van der Waals surface area contributed by atoms with Crippen LogP contribution in [0, 0.1) is 0 Å². The van der Waals surface area contributed by atoms with Gasteiger partial charge in [-0.1, -0.05) is 48.5 Å². The van der Waals surface area contributed by atoms with Gasteiger partial charge in [0, 0.05) is 28.6 Å². The standard InChI is InChI=1S/C24H19N3O2/c1-28-21-13-18-20(14-22(21)29-2)25-15-19-23(16-9-5-3-6-10-16)26-27(24(18)19)17-11-7-4-8-12-17/h3-15H,1-2H3. The Hall–Kier alpha value is -3.86. The first-order chi connectivity index (χ1) is 14.3. The second-order valence-corrected chi connectivity index (χ2v) is 6.71. The Balaban J connectivity index is 1.92.